The highest BCUT2D eigenvalue weighted by Gasteiger charge is 2.28. The number of hydrogen-bond acceptors (Lipinski definition) is 6. The summed E-state index contributed by atoms with van der Waals surface area (Å²) < 4.78 is 31.3. The summed E-state index contributed by atoms with van der Waals surface area (Å²) in [5, 5.41) is 5.00. The molecular formula is C19H22N4O5S. The minimum absolute atomic E-state index is 0.0890. The molecule has 0 atom stereocenters. The number of methoxy groups -OCH3 is 1. The fourth-order valence-electron chi connectivity index (χ4n) is 2.97. The third-order valence-electron chi connectivity index (χ3n) is 4.44. The van der Waals surface area contributed by atoms with Gasteiger partial charge in [0.1, 0.15) is 5.75 Å². The Morgan fingerprint density at radius 1 is 1.21 bits per heavy atom. The van der Waals surface area contributed by atoms with E-state index in [4.69, 9.17) is 4.74 Å². The van der Waals surface area contributed by atoms with Crippen LogP contribution < -0.4 is 19.7 Å². The number of sulfonamides is 1. The molecule has 1 saturated heterocycles. The number of carbonyl (C=O) groups is 2. The lowest BCUT2D eigenvalue weighted by Crippen LogP contribution is -2.38. The van der Waals surface area contributed by atoms with Gasteiger partial charge in [0, 0.05) is 37.2 Å². The van der Waals surface area contributed by atoms with E-state index in [-0.39, 0.29) is 12.3 Å². The van der Waals surface area contributed by atoms with Gasteiger partial charge in [0.2, 0.25) is 10.0 Å². The Morgan fingerprint density at radius 3 is 2.72 bits per heavy atom. The lowest BCUT2D eigenvalue weighted by atomic mass is 10.2. The molecule has 0 bridgehead atoms. The first-order valence-electron chi connectivity index (χ1n) is 9.07. The number of amides is 2. The number of rotatable bonds is 5. The third kappa shape index (κ3) is 5.02. The maximum Gasteiger partial charge on any atom is 0.313 e. The second-order valence-electron chi connectivity index (χ2n) is 6.48. The van der Waals surface area contributed by atoms with Crippen LogP contribution in [-0.4, -0.2) is 44.6 Å². The summed E-state index contributed by atoms with van der Waals surface area (Å²) in [4.78, 5) is 28.1. The van der Waals surface area contributed by atoms with Crippen molar-refractivity contribution >= 4 is 33.2 Å². The fourth-order valence-corrected chi connectivity index (χ4v) is 4.62. The van der Waals surface area contributed by atoms with E-state index in [1.54, 1.807) is 30.6 Å². The first-order valence-corrected chi connectivity index (χ1v) is 10.7. The predicted molar refractivity (Wildman–Crippen MR) is 108 cm³/mol. The van der Waals surface area contributed by atoms with Gasteiger partial charge in [-0.15, -0.1) is 0 Å². The molecule has 1 aromatic heterocycles. The molecule has 1 fully saturated rings. The van der Waals surface area contributed by atoms with E-state index in [0.717, 1.165) is 12.0 Å². The normalized spacial score (nSPS) is 15.4. The van der Waals surface area contributed by atoms with Crippen LogP contribution in [0.2, 0.25) is 0 Å². The number of carbonyl (C=O) groups excluding carboxylic acids is 2. The smallest absolute Gasteiger partial charge is 0.313 e. The van der Waals surface area contributed by atoms with Gasteiger partial charge in [0.05, 0.1) is 18.6 Å². The molecule has 0 spiro atoms. The molecule has 3 rings (SSSR count). The summed E-state index contributed by atoms with van der Waals surface area (Å²) in [5.74, 6) is -1.25. The van der Waals surface area contributed by atoms with E-state index in [2.05, 4.69) is 15.6 Å². The molecular weight excluding hydrogens is 396 g/mol. The van der Waals surface area contributed by atoms with Crippen molar-refractivity contribution in [1.29, 1.82) is 0 Å². The zero-order valence-electron chi connectivity index (χ0n) is 15.9. The molecule has 2 heterocycles. The van der Waals surface area contributed by atoms with Gasteiger partial charge in [0.25, 0.3) is 0 Å². The van der Waals surface area contributed by atoms with Crippen molar-refractivity contribution in [3.05, 3.63) is 48.3 Å². The molecule has 0 radical (unpaired) electrons. The number of aromatic nitrogens is 1. The fraction of sp³-hybridized carbons (Fsp3) is 0.316. The number of nitrogens with zero attached hydrogens (tertiary/aromatic N) is 2. The minimum Gasteiger partial charge on any atom is -0.494 e. The Kier molecular flexibility index (Phi) is 6.32. The van der Waals surface area contributed by atoms with Gasteiger partial charge in [-0.25, -0.2) is 8.42 Å². The lowest BCUT2D eigenvalue weighted by Gasteiger charge is -2.29. The molecule has 2 N–H and O–H groups in total. The first kappa shape index (κ1) is 20.6. The molecule has 29 heavy (non-hydrogen) atoms. The Hall–Kier alpha value is -3.14. The van der Waals surface area contributed by atoms with Gasteiger partial charge in [0.15, 0.2) is 0 Å². The molecule has 1 aliphatic heterocycles. The van der Waals surface area contributed by atoms with Gasteiger partial charge in [-0.2, -0.15) is 0 Å². The quantitative estimate of drug-likeness (QED) is 0.706. The largest absolute Gasteiger partial charge is 0.494 e. The first-order chi connectivity index (χ1) is 13.9. The molecule has 1 aliphatic rings. The minimum atomic E-state index is -3.40. The van der Waals surface area contributed by atoms with E-state index >= 15 is 0 Å². The van der Waals surface area contributed by atoms with Crippen molar-refractivity contribution < 1.29 is 22.7 Å². The van der Waals surface area contributed by atoms with E-state index in [0.29, 0.717) is 30.1 Å². The second kappa shape index (κ2) is 8.91. The molecule has 154 valence electrons. The van der Waals surface area contributed by atoms with Crippen LogP contribution in [0.1, 0.15) is 18.4 Å². The van der Waals surface area contributed by atoms with Crippen LogP contribution in [0.3, 0.4) is 0 Å². The standard InChI is InChI=1S/C19H22N4O5S/c1-28-17-11-15(6-7-16(17)23-9-2-3-10-29(23,26)27)22-19(25)18(24)21-13-14-5-4-8-20-12-14/h4-8,11-12H,2-3,9-10,13H2,1H3,(H,21,24)(H,22,25). The lowest BCUT2D eigenvalue weighted by molar-refractivity contribution is -0.136. The molecule has 0 unspecified atom stereocenters. The van der Waals surface area contributed by atoms with Crippen LogP contribution in [0.15, 0.2) is 42.7 Å². The number of ether oxygens (including phenoxy) is 1. The highest BCUT2D eigenvalue weighted by atomic mass is 32.2. The molecule has 9 nitrogen and oxygen atoms in total. The van der Waals surface area contributed by atoms with Crippen LogP contribution in [0.25, 0.3) is 0 Å². The highest BCUT2D eigenvalue weighted by Crippen LogP contribution is 2.34. The maximum absolute atomic E-state index is 12.3. The Balaban J connectivity index is 1.68. The number of pyridine rings is 1. The number of anilines is 2. The van der Waals surface area contributed by atoms with Crippen LogP contribution in [0.4, 0.5) is 11.4 Å². The van der Waals surface area contributed by atoms with E-state index in [1.807, 2.05) is 0 Å². The van der Waals surface area contributed by atoms with Gasteiger partial charge in [-0.05, 0) is 36.6 Å². The number of hydrogen-bond donors (Lipinski definition) is 2. The average molecular weight is 418 g/mol. The topological polar surface area (TPSA) is 118 Å². The zero-order chi connectivity index (χ0) is 20.9. The van der Waals surface area contributed by atoms with Gasteiger partial charge in [-0.1, -0.05) is 6.07 Å². The maximum atomic E-state index is 12.3. The molecule has 0 saturated carbocycles. The van der Waals surface area contributed by atoms with E-state index in [1.165, 1.54) is 23.5 Å². The molecule has 2 amide bonds. The van der Waals surface area contributed by atoms with Crippen molar-refractivity contribution in [2.24, 2.45) is 0 Å². The summed E-state index contributed by atoms with van der Waals surface area (Å²) in [6, 6.07) is 8.10. The van der Waals surface area contributed by atoms with Crippen LogP contribution in [0, 0.1) is 0 Å². The highest BCUT2D eigenvalue weighted by molar-refractivity contribution is 7.92. The SMILES string of the molecule is COc1cc(NC(=O)C(=O)NCc2cccnc2)ccc1N1CCCCS1(=O)=O. The van der Waals surface area contributed by atoms with Gasteiger partial charge in [-0.3, -0.25) is 18.9 Å². The van der Waals surface area contributed by atoms with Crippen molar-refractivity contribution in [2.45, 2.75) is 19.4 Å². The molecule has 2 aromatic rings. The zero-order valence-corrected chi connectivity index (χ0v) is 16.7. The monoisotopic (exact) mass is 418 g/mol. The Morgan fingerprint density at radius 2 is 2.03 bits per heavy atom. The van der Waals surface area contributed by atoms with Crippen LogP contribution >= 0.6 is 0 Å². The number of benzene rings is 1. The Labute approximate surface area is 169 Å². The summed E-state index contributed by atoms with van der Waals surface area (Å²) in [5.41, 5.74) is 1.50. The van der Waals surface area contributed by atoms with E-state index < -0.39 is 21.8 Å². The van der Waals surface area contributed by atoms with Crippen molar-refractivity contribution in [1.82, 2.24) is 10.3 Å². The summed E-state index contributed by atoms with van der Waals surface area (Å²) in [6.45, 7) is 0.552. The van der Waals surface area contributed by atoms with Crippen molar-refractivity contribution in [3.63, 3.8) is 0 Å². The Bertz CT molecular complexity index is 995. The van der Waals surface area contributed by atoms with E-state index in [9.17, 15) is 18.0 Å². The average Bonchev–Trinajstić information content (AvgIpc) is 2.72. The second-order valence-corrected chi connectivity index (χ2v) is 8.49. The van der Waals surface area contributed by atoms with Gasteiger partial charge < -0.3 is 15.4 Å². The van der Waals surface area contributed by atoms with Gasteiger partial charge >= 0.3 is 11.8 Å². The summed E-state index contributed by atoms with van der Waals surface area (Å²) in [7, 11) is -1.98. The predicted octanol–water partition coefficient (Wildman–Crippen LogP) is 1.28. The van der Waals surface area contributed by atoms with Crippen molar-refractivity contribution in [2.75, 3.05) is 29.0 Å². The van der Waals surface area contributed by atoms with Crippen molar-refractivity contribution in [3.8, 4) is 5.75 Å². The molecule has 0 aliphatic carbocycles. The summed E-state index contributed by atoms with van der Waals surface area (Å²) in [6.07, 6.45) is 4.60. The van der Waals surface area contributed by atoms with Crippen LogP contribution in [0.5, 0.6) is 5.75 Å². The summed E-state index contributed by atoms with van der Waals surface area (Å²) >= 11 is 0. The third-order valence-corrected chi connectivity index (χ3v) is 6.29. The molecule has 10 heteroatoms. The number of nitrogens with one attached hydrogen (secondary N) is 2. The molecule has 1 aromatic carbocycles. The van der Waals surface area contributed by atoms with Crippen LogP contribution in [-0.2, 0) is 26.2 Å².